The molecule has 0 radical (unpaired) electrons. The van der Waals surface area contributed by atoms with Crippen molar-refractivity contribution in [2.45, 2.75) is 56.0 Å². The molecule has 7 heteroatoms. The minimum atomic E-state index is -0.251. The van der Waals surface area contributed by atoms with Crippen molar-refractivity contribution in [2.75, 3.05) is 6.54 Å². The second-order valence-electron chi connectivity index (χ2n) is 6.85. The maximum atomic E-state index is 12.5. The molecule has 1 amide bonds. The zero-order valence-corrected chi connectivity index (χ0v) is 17.1. The minimum absolute atomic E-state index is 0.0278. The van der Waals surface area contributed by atoms with Crippen molar-refractivity contribution in [3.05, 3.63) is 48.8 Å². The average Bonchev–Trinajstić information content (AvgIpc) is 3.12. The molecule has 0 aliphatic heterocycles. The number of allylic oxidation sites excluding steroid dienone is 2. The van der Waals surface area contributed by atoms with Crippen molar-refractivity contribution in [3.8, 4) is 11.4 Å². The van der Waals surface area contributed by atoms with Gasteiger partial charge in [0.25, 0.3) is 0 Å². The predicted octanol–water partition coefficient (Wildman–Crippen LogP) is 4.01. The first-order chi connectivity index (χ1) is 13.7. The van der Waals surface area contributed by atoms with Gasteiger partial charge in [-0.3, -0.25) is 14.3 Å². The summed E-state index contributed by atoms with van der Waals surface area (Å²) >= 11 is 1.42. The van der Waals surface area contributed by atoms with E-state index in [1.807, 2.05) is 23.6 Å². The van der Waals surface area contributed by atoms with Crippen molar-refractivity contribution in [2.24, 2.45) is 0 Å². The maximum Gasteiger partial charge on any atom is 0.233 e. The standard InChI is InChI=1S/C21H27N5OS/c1-3-15-26-19(18-10-12-22-13-11-18)24-25-21(26)28-16(2)20(27)23-14-9-17-7-5-4-6-8-17/h3,7,10-13,16H,1,4-6,8-9,14-15H2,2H3,(H,23,27)/t16-/m0/s1. The van der Waals surface area contributed by atoms with Crippen LogP contribution in [0.25, 0.3) is 11.4 Å². The van der Waals surface area contributed by atoms with Gasteiger partial charge in [0, 0.05) is 31.0 Å². The van der Waals surface area contributed by atoms with E-state index in [-0.39, 0.29) is 11.2 Å². The molecule has 1 aliphatic carbocycles. The first-order valence-corrected chi connectivity index (χ1v) is 10.6. The smallest absolute Gasteiger partial charge is 0.233 e. The summed E-state index contributed by atoms with van der Waals surface area (Å²) in [5.74, 6) is 0.779. The molecule has 2 heterocycles. The number of nitrogens with zero attached hydrogens (tertiary/aromatic N) is 4. The van der Waals surface area contributed by atoms with Gasteiger partial charge in [0.2, 0.25) is 5.91 Å². The fraction of sp³-hybridized carbons (Fsp3) is 0.429. The van der Waals surface area contributed by atoms with E-state index < -0.39 is 0 Å². The highest BCUT2D eigenvalue weighted by molar-refractivity contribution is 8.00. The van der Waals surface area contributed by atoms with Crippen LogP contribution in [-0.4, -0.2) is 37.5 Å². The molecule has 28 heavy (non-hydrogen) atoms. The van der Waals surface area contributed by atoms with Crippen LogP contribution in [0.5, 0.6) is 0 Å². The molecule has 0 bridgehead atoms. The molecule has 2 aromatic heterocycles. The number of amides is 1. The number of carbonyl (C=O) groups is 1. The summed E-state index contributed by atoms with van der Waals surface area (Å²) in [4.78, 5) is 16.5. The van der Waals surface area contributed by atoms with Gasteiger partial charge in [0.1, 0.15) is 0 Å². The molecular weight excluding hydrogens is 370 g/mol. The molecule has 1 atom stereocenters. The fourth-order valence-electron chi connectivity index (χ4n) is 3.22. The van der Waals surface area contributed by atoms with Crippen LogP contribution in [0.3, 0.4) is 0 Å². The lowest BCUT2D eigenvalue weighted by Crippen LogP contribution is -2.32. The largest absolute Gasteiger partial charge is 0.355 e. The second kappa shape index (κ2) is 10.2. The summed E-state index contributed by atoms with van der Waals surface area (Å²) < 4.78 is 1.98. The van der Waals surface area contributed by atoms with E-state index in [9.17, 15) is 4.79 Å². The third-order valence-electron chi connectivity index (χ3n) is 4.75. The van der Waals surface area contributed by atoms with Crippen molar-refractivity contribution in [1.29, 1.82) is 0 Å². The van der Waals surface area contributed by atoms with Crippen LogP contribution in [0.1, 0.15) is 39.0 Å². The van der Waals surface area contributed by atoms with Gasteiger partial charge in [-0.15, -0.1) is 16.8 Å². The Balaban J connectivity index is 1.60. The highest BCUT2D eigenvalue weighted by Crippen LogP contribution is 2.27. The summed E-state index contributed by atoms with van der Waals surface area (Å²) in [5, 5.41) is 12.1. The SMILES string of the molecule is C=CCn1c(S[C@@H](C)C(=O)NCCC2=CCCCC2)nnc1-c1ccncc1. The summed E-state index contributed by atoms with van der Waals surface area (Å²) in [6.07, 6.45) is 13.4. The third-order valence-corrected chi connectivity index (χ3v) is 5.83. The van der Waals surface area contributed by atoms with E-state index in [2.05, 4.69) is 33.2 Å². The Morgan fingerprint density at radius 2 is 2.18 bits per heavy atom. The van der Waals surface area contributed by atoms with E-state index in [1.54, 1.807) is 18.5 Å². The van der Waals surface area contributed by atoms with Gasteiger partial charge < -0.3 is 5.32 Å². The molecule has 0 spiro atoms. The molecule has 0 saturated carbocycles. The van der Waals surface area contributed by atoms with E-state index in [0.29, 0.717) is 18.2 Å². The monoisotopic (exact) mass is 397 g/mol. The van der Waals surface area contributed by atoms with Crippen LogP contribution in [0, 0.1) is 0 Å². The normalized spacial score (nSPS) is 15.0. The predicted molar refractivity (Wildman–Crippen MR) is 113 cm³/mol. The molecule has 0 fully saturated rings. The number of thioether (sulfide) groups is 1. The first kappa shape index (κ1) is 20.3. The number of carbonyl (C=O) groups excluding carboxylic acids is 1. The van der Waals surface area contributed by atoms with Gasteiger partial charge in [0.15, 0.2) is 11.0 Å². The maximum absolute atomic E-state index is 12.5. The molecule has 0 unspecified atom stereocenters. The summed E-state index contributed by atoms with van der Waals surface area (Å²) in [6.45, 7) is 7.00. The van der Waals surface area contributed by atoms with Crippen molar-refractivity contribution >= 4 is 17.7 Å². The first-order valence-electron chi connectivity index (χ1n) is 9.76. The number of nitrogens with one attached hydrogen (secondary N) is 1. The summed E-state index contributed by atoms with van der Waals surface area (Å²) in [7, 11) is 0. The van der Waals surface area contributed by atoms with Crippen molar-refractivity contribution in [1.82, 2.24) is 25.1 Å². The van der Waals surface area contributed by atoms with E-state index >= 15 is 0 Å². The van der Waals surface area contributed by atoms with Crippen LogP contribution in [0.2, 0.25) is 0 Å². The Hall–Kier alpha value is -2.41. The number of rotatable bonds is 9. The van der Waals surface area contributed by atoms with Gasteiger partial charge in [-0.25, -0.2) is 0 Å². The van der Waals surface area contributed by atoms with Crippen LogP contribution >= 0.6 is 11.8 Å². The Bertz CT molecular complexity index is 831. The zero-order valence-electron chi connectivity index (χ0n) is 16.3. The highest BCUT2D eigenvalue weighted by atomic mass is 32.2. The lowest BCUT2D eigenvalue weighted by Gasteiger charge is -2.15. The van der Waals surface area contributed by atoms with Gasteiger partial charge >= 0.3 is 0 Å². The Morgan fingerprint density at radius 1 is 1.36 bits per heavy atom. The molecule has 148 valence electrons. The minimum Gasteiger partial charge on any atom is -0.355 e. The third kappa shape index (κ3) is 5.32. The van der Waals surface area contributed by atoms with Crippen molar-refractivity contribution in [3.63, 3.8) is 0 Å². The van der Waals surface area contributed by atoms with Crippen LogP contribution in [0.15, 0.2) is 54.0 Å². The molecule has 6 nitrogen and oxygen atoms in total. The van der Waals surface area contributed by atoms with Crippen LogP contribution in [0.4, 0.5) is 0 Å². The Kier molecular flexibility index (Phi) is 7.42. The Morgan fingerprint density at radius 3 is 2.89 bits per heavy atom. The number of hydrogen-bond acceptors (Lipinski definition) is 5. The second-order valence-corrected chi connectivity index (χ2v) is 8.16. The number of aromatic nitrogens is 4. The highest BCUT2D eigenvalue weighted by Gasteiger charge is 2.20. The molecule has 1 N–H and O–H groups in total. The van der Waals surface area contributed by atoms with Gasteiger partial charge in [-0.2, -0.15) is 0 Å². The zero-order chi connectivity index (χ0) is 19.8. The number of pyridine rings is 1. The summed E-state index contributed by atoms with van der Waals surface area (Å²) in [6, 6.07) is 3.79. The quantitative estimate of drug-likeness (QED) is 0.511. The lowest BCUT2D eigenvalue weighted by atomic mass is 9.97. The van der Waals surface area contributed by atoms with Crippen LogP contribution in [-0.2, 0) is 11.3 Å². The van der Waals surface area contributed by atoms with Crippen LogP contribution < -0.4 is 5.32 Å². The fourth-order valence-corrected chi connectivity index (χ4v) is 4.10. The molecule has 1 aliphatic rings. The van der Waals surface area contributed by atoms with E-state index in [1.165, 1.54) is 43.0 Å². The van der Waals surface area contributed by atoms with E-state index in [0.717, 1.165) is 17.8 Å². The van der Waals surface area contributed by atoms with E-state index in [4.69, 9.17) is 0 Å². The van der Waals surface area contributed by atoms with Gasteiger partial charge in [0.05, 0.1) is 5.25 Å². The topological polar surface area (TPSA) is 72.7 Å². The molecule has 3 rings (SSSR count). The molecule has 0 aromatic carbocycles. The molecule has 2 aromatic rings. The van der Waals surface area contributed by atoms with Crippen molar-refractivity contribution < 1.29 is 4.79 Å². The number of hydrogen-bond donors (Lipinski definition) is 1. The van der Waals surface area contributed by atoms with Gasteiger partial charge in [-0.05, 0) is 51.2 Å². The summed E-state index contributed by atoms with van der Waals surface area (Å²) in [5.41, 5.74) is 2.41. The molecular formula is C21H27N5OS. The molecule has 0 saturated heterocycles. The lowest BCUT2D eigenvalue weighted by molar-refractivity contribution is -0.120. The Labute approximate surface area is 170 Å². The average molecular weight is 398 g/mol. The van der Waals surface area contributed by atoms with Gasteiger partial charge in [-0.1, -0.05) is 29.5 Å².